The Morgan fingerprint density at radius 2 is 2.06 bits per heavy atom. The summed E-state index contributed by atoms with van der Waals surface area (Å²) in [6.07, 6.45) is 6.20. The Labute approximate surface area is 109 Å². The van der Waals surface area contributed by atoms with E-state index in [1.165, 1.54) is 0 Å². The number of alkyl halides is 1. The molecule has 1 atom stereocenters. The molecule has 0 aliphatic heterocycles. The lowest BCUT2D eigenvalue weighted by Gasteiger charge is -2.12. The third kappa shape index (κ3) is 5.27. The van der Waals surface area contributed by atoms with Crippen LogP contribution in [0.3, 0.4) is 0 Å². The highest BCUT2D eigenvalue weighted by Crippen LogP contribution is 2.20. The van der Waals surface area contributed by atoms with Crippen LogP contribution in [0.25, 0.3) is 6.08 Å². The van der Waals surface area contributed by atoms with Crippen molar-refractivity contribution in [2.45, 2.75) is 26.7 Å². The first-order valence-electron chi connectivity index (χ1n) is 6.18. The second-order valence-electron chi connectivity index (χ2n) is 4.26. The topological polar surface area (TPSA) is 9.23 Å². The lowest BCUT2D eigenvalue weighted by molar-refractivity contribution is 0.281. The average molecular weight is 253 g/mol. The van der Waals surface area contributed by atoms with Crippen LogP contribution in [0.1, 0.15) is 32.3 Å². The monoisotopic (exact) mass is 252 g/mol. The molecule has 17 heavy (non-hydrogen) atoms. The van der Waals surface area contributed by atoms with Crippen LogP contribution in [0.5, 0.6) is 5.75 Å². The largest absolute Gasteiger partial charge is 0.493 e. The minimum atomic E-state index is 0.626. The first-order valence-corrected chi connectivity index (χ1v) is 6.72. The van der Waals surface area contributed by atoms with E-state index in [9.17, 15) is 0 Å². The van der Waals surface area contributed by atoms with Gasteiger partial charge in [0.25, 0.3) is 0 Å². The molecule has 0 saturated carbocycles. The van der Waals surface area contributed by atoms with E-state index in [0.29, 0.717) is 5.92 Å². The molecule has 0 radical (unpaired) electrons. The van der Waals surface area contributed by atoms with Gasteiger partial charge in [-0.2, -0.15) is 0 Å². The number of hydrogen-bond acceptors (Lipinski definition) is 1. The fourth-order valence-electron chi connectivity index (χ4n) is 1.63. The molecular weight excluding hydrogens is 232 g/mol. The maximum atomic E-state index is 5.81. The van der Waals surface area contributed by atoms with E-state index < -0.39 is 0 Å². The molecule has 0 aliphatic carbocycles. The highest BCUT2D eigenvalue weighted by atomic mass is 35.5. The van der Waals surface area contributed by atoms with E-state index >= 15 is 0 Å². The van der Waals surface area contributed by atoms with E-state index in [-0.39, 0.29) is 0 Å². The molecule has 1 unspecified atom stereocenters. The summed E-state index contributed by atoms with van der Waals surface area (Å²) >= 11 is 5.71. The fraction of sp³-hybridized carbons (Fsp3) is 0.467. The number of allylic oxidation sites excluding steroid dienone is 1. The Kier molecular flexibility index (Phi) is 6.80. The van der Waals surface area contributed by atoms with Gasteiger partial charge in [0.2, 0.25) is 0 Å². The van der Waals surface area contributed by atoms with Gasteiger partial charge in [-0.1, -0.05) is 37.3 Å². The van der Waals surface area contributed by atoms with Crippen molar-refractivity contribution in [1.29, 1.82) is 0 Å². The number of benzene rings is 1. The van der Waals surface area contributed by atoms with Crippen LogP contribution < -0.4 is 4.74 Å². The Hall–Kier alpha value is -0.950. The molecule has 0 saturated heterocycles. The number of para-hydroxylation sites is 1. The Bertz CT molecular complexity index is 347. The van der Waals surface area contributed by atoms with Crippen LogP contribution in [-0.4, -0.2) is 12.5 Å². The lowest BCUT2D eigenvalue weighted by Crippen LogP contribution is -2.05. The van der Waals surface area contributed by atoms with E-state index in [2.05, 4.69) is 19.1 Å². The average Bonchev–Trinajstić information content (AvgIpc) is 2.32. The number of hydrogen-bond donors (Lipinski definition) is 0. The maximum Gasteiger partial charge on any atom is 0.126 e. The summed E-state index contributed by atoms with van der Waals surface area (Å²) in [5, 5.41) is 0. The second kappa shape index (κ2) is 8.19. The minimum absolute atomic E-state index is 0.626. The molecule has 1 rings (SSSR count). The minimum Gasteiger partial charge on any atom is -0.493 e. The third-order valence-corrected chi connectivity index (χ3v) is 2.95. The van der Waals surface area contributed by atoms with Gasteiger partial charge >= 0.3 is 0 Å². The summed E-state index contributed by atoms with van der Waals surface area (Å²) in [5.41, 5.74) is 1.14. The van der Waals surface area contributed by atoms with Crippen molar-refractivity contribution in [3.05, 3.63) is 35.9 Å². The summed E-state index contributed by atoms with van der Waals surface area (Å²) in [5.74, 6) is 2.32. The molecule has 0 N–H and O–H groups in total. The van der Waals surface area contributed by atoms with Crippen LogP contribution >= 0.6 is 11.6 Å². The molecule has 0 amide bonds. The molecule has 2 heteroatoms. The molecule has 0 fully saturated rings. The van der Waals surface area contributed by atoms with Crippen LogP contribution in [0, 0.1) is 5.92 Å². The molecule has 1 aromatic rings. The molecule has 0 bridgehead atoms. The summed E-state index contributed by atoms with van der Waals surface area (Å²) in [6, 6.07) is 8.11. The van der Waals surface area contributed by atoms with Gasteiger partial charge in [-0.15, -0.1) is 11.6 Å². The van der Waals surface area contributed by atoms with E-state index in [4.69, 9.17) is 16.3 Å². The number of rotatable bonds is 7. The predicted octanol–water partition coefficient (Wildman–Crippen LogP) is 4.75. The van der Waals surface area contributed by atoms with Crippen LogP contribution in [0.15, 0.2) is 30.3 Å². The van der Waals surface area contributed by atoms with Crippen molar-refractivity contribution >= 4 is 17.7 Å². The SMILES string of the molecule is CC=Cc1ccccc1OCCC(C)CCCl. The predicted molar refractivity (Wildman–Crippen MR) is 75.8 cm³/mol. The van der Waals surface area contributed by atoms with Crippen molar-refractivity contribution in [2.75, 3.05) is 12.5 Å². The van der Waals surface area contributed by atoms with Crippen molar-refractivity contribution < 1.29 is 4.74 Å². The van der Waals surface area contributed by atoms with E-state index in [1.807, 2.05) is 31.2 Å². The van der Waals surface area contributed by atoms with Crippen LogP contribution in [0.4, 0.5) is 0 Å². The molecular formula is C15H21ClO. The first-order chi connectivity index (χ1) is 8.27. The van der Waals surface area contributed by atoms with Crippen molar-refractivity contribution in [2.24, 2.45) is 5.92 Å². The van der Waals surface area contributed by atoms with Gasteiger partial charge in [0.1, 0.15) is 5.75 Å². The van der Waals surface area contributed by atoms with Crippen molar-refractivity contribution in [1.82, 2.24) is 0 Å². The normalized spacial score (nSPS) is 12.9. The van der Waals surface area contributed by atoms with Gasteiger partial charge in [0, 0.05) is 11.4 Å². The third-order valence-electron chi connectivity index (χ3n) is 2.74. The lowest BCUT2D eigenvalue weighted by atomic mass is 10.1. The zero-order valence-corrected chi connectivity index (χ0v) is 11.4. The maximum absolute atomic E-state index is 5.81. The molecule has 0 aliphatic rings. The Balaban J connectivity index is 2.46. The number of halogens is 1. The highest BCUT2D eigenvalue weighted by molar-refractivity contribution is 6.17. The smallest absolute Gasteiger partial charge is 0.126 e. The van der Waals surface area contributed by atoms with E-state index in [1.54, 1.807) is 0 Å². The summed E-state index contributed by atoms with van der Waals surface area (Å²) in [6.45, 7) is 4.98. The Morgan fingerprint density at radius 1 is 1.29 bits per heavy atom. The molecule has 0 spiro atoms. The number of ether oxygens (including phenoxy) is 1. The van der Waals surface area contributed by atoms with Crippen molar-refractivity contribution in [3.63, 3.8) is 0 Å². The summed E-state index contributed by atoms with van der Waals surface area (Å²) in [7, 11) is 0. The fourth-order valence-corrected chi connectivity index (χ4v) is 2.00. The van der Waals surface area contributed by atoms with Crippen LogP contribution in [-0.2, 0) is 0 Å². The van der Waals surface area contributed by atoms with Gasteiger partial charge in [0.15, 0.2) is 0 Å². The molecule has 0 aromatic heterocycles. The van der Waals surface area contributed by atoms with Gasteiger partial charge < -0.3 is 4.74 Å². The molecule has 1 nitrogen and oxygen atoms in total. The Morgan fingerprint density at radius 3 is 2.76 bits per heavy atom. The molecule has 1 aromatic carbocycles. The zero-order chi connectivity index (χ0) is 12.5. The summed E-state index contributed by atoms with van der Waals surface area (Å²) in [4.78, 5) is 0. The van der Waals surface area contributed by atoms with Gasteiger partial charge in [0.05, 0.1) is 6.61 Å². The first kappa shape index (κ1) is 14.1. The van der Waals surface area contributed by atoms with Crippen molar-refractivity contribution in [3.8, 4) is 5.75 Å². The summed E-state index contributed by atoms with van der Waals surface area (Å²) < 4.78 is 5.81. The van der Waals surface area contributed by atoms with Gasteiger partial charge in [-0.3, -0.25) is 0 Å². The highest BCUT2D eigenvalue weighted by Gasteiger charge is 2.03. The van der Waals surface area contributed by atoms with Gasteiger partial charge in [-0.25, -0.2) is 0 Å². The molecule has 0 heterocycles. The quantitative estimate of drug-likeness (QED) is 0.636. The van der Waals surface area contributed by atoms with Gasteiger partial charge in [-0.05, 0) is 31.7 Å². The zero-order valence-electron chi connectivity index (χ0n) is 10.7. The standard InChI is InChI=1S/C15H21ClO/c1-3-6-14-7-4-5-8-15(14)17-12-10-13(2)9-11-16/h3-8,13H,9-12H2,1-2H3. The van der Waals surface area contributed by atoms with Crippen LogP contribution in [0.2, 0.25) is 0 Å². The van der Waals surface area contributed by atoms with E-state index in [0.717, 1.165) is 36.6 Å². The second-order valence-corrected chi connectivity index (χ2v) is 4.64. The molecule has 94 valence electrons.